The van der Waals surface area contributed by atoms with Gasteiger partial charge in [0.2, 0.25) is 5.91 Å². The van der Waals surface area contributed by atoms with Gasteiger partial charge in [-0.2, -0.15) is 0 Å². The monoisotopic (exact) mass is 368 g/mol. The Hall–Kier alpha value is -0.290. The molecule has 0 atom stereocenters. The lowest BCUT2D eigenvalue weighted by molar-refractivity contribution is -0.122. The van der Waals surface area contributed by atoms with Crippen molar-refractivity contribution in [3.63, 3.8) is 0 Å². The van der Waals surface area contributed by atoms with Crippen LogP contribution in [0.1, 0.15) is 25.8 Å². The molecule has 1 aromatic rings. The van der Waals surface area contributed by atoms with Crippen LogP contribution in [0.4, 0.5) is 0 Å². The van der Waals surface area contributed by atoms with Crippen LogP contribution in [-0.2, 0) is 11.2 Å². The van der Waals surface area contributed by atoms with Gasteiger partial charge in [-0.15, -0.1) is 12.4 Å². The Labute approximate surface area is 133 Å². The van der Waals surface area contributed by atoms with Crippen molar-refractivity contribution in [2.24, 2.45) is 5.73 Å². The summed E-state index contributed by atoms with van der Waals surface area (Å²) in [5, 5.41) is 3.57. The van der Waals surface area contributed by atoms with Crippen LogP contribution in [0.25, 0.3) is 0 Å². The highest BCUT2D eigenvalue weighted by Gasteiger charge is 2.18. The second-order valence-corrected chi connectivity index (χ2v) is 6.16. The maximum Gasteiger partial charge on any atom is 0.220 e. The fourth-order valence-electron chi connectivity index (χ4n) is 1.47. The Morgan fingerprint density at radius 1 is 1.47 bits per heavy atom. The summed E-state index contributed by atoms with van der Waals surface area (Å²) >= 11 is 9.37. The molecule has 3 N–H and O–H groups in total. The number of nitrogens with one attached hydrogen (secondary N) is 1. The van der Waals surface area contributed by atoms with Crippen molar-refractivity contribution in [3.05, 3.63) is 33.3 Å². The molecule has 1 amide bonds. The topological polar surface area (TPSA) is 55.1 Å². The molecule has 0 aliphatic rings. The van der Waals surface area contributed by atoms with Gasteiger partial charge in [0.15, 0.2) is 0 Å². The van der Waals surface area contributed by atoms with Crippen molar-refractivity contribution in [2.75, 3.05) is 6.54 Å². The van der Waals surface area contributed by atoms with Crippen LogP contribution in [0, 0.1) is 0 Å². The van der Waals surface area contributed by atoms with Crippen LogP contribution in [0.5, 0.6) is 0 Å². The number of carbonyl (C=O) groups is 1. The molecular formula is C13H19BrCl2N2O. The number of carbonyl (C=O) groups excluding carboxylic acids is 1. The number of halogens is 3. The third-order valence-corrected chi connectivity index (χ3v) is 3.63. The summed E-state index contributed by atoms with van der Waals surface area (Å²) in [6.07, 6.45) is 1.07. The standard InChI is InChI=1S/C13H18BrClN2O.ClH/c1-13(2,8-16)17-12(18)6-3-9-7-10(15)4-5-11(9)14;/h4-5,7H,3,6,8,16H2,1-2H3,(H,17,18);1H. The summed E-state index contributed by atoms with van der Waals surface area (Å²) in [5.74, 6) is -0.00248. The second-order valence-electron chi connectivity index (χ2n) is 4.87. The van der Waals surface area contributed by atoms with Crippen LogP contribution >= 0.6 is 39.9 Å². The maximum absolute atomic E-state index is 11.8. The fourth-order valence-corrected chi connectivity index (χ4v) is 2.11. The third-order valence-electron chi connectivity index (χ3n) is 2.62. The van der Waals surface area contributed by atoms with Gasteiger partial charge in [0.25, 0.3) is 0 Å². The van der Waals surface area contributed by atoms with E-state index in [1.165, 1.54) is 0 Å². The summed E-state index contributed by atoms with van der Waals surface area (Å²) in [7, 11) is 0. The molecule has 1 rings (SSSR count). The van der Waals surface area contributed by atoms with E-state index in [4.69, 9.17) is 17.3 Å². The van der Waals surface area contributed by atoms with E-state index >= 15 is 0 Å². The molecule has 1 aromatic carbocycles. The number of nitrogens with two attached hydrogens (primary N) is 1. The number of aryl methyl sites for hydroxylation is 1. The minimum Gasteiger partial charge on any atom is -0.350 e. The molecule has 0 saturated carbocycles. The van der Waals surface area contributed by atoms with Crippen LogP contribution < -0.4 is 11.1 Å². The lowest BCUT2D eigenvalue weighted by Crippen LogP contribution is -2.48. The van der Waals surface area contributed by atoms with Gasteiger partial charge in [0.05, 0.1) is 0 Å². The van der Waals surface area contributed by atoms with Gasteiger partial charge in [-0.3, -0.25) is 4.79 Å². The number of rotatable bonds is 5. The summed E-state index contributed by atoms with van der Waals surface area (Å²) < 4.78 is 0.970. The predicted octanol–water partition coefficient (Wildman–Crippen LogP) is 3.31. The first-order valence-corrected chi connectivity index (χ1v) is 6.96. The molecule has 0 radical (unpaired) electrons. The normalized spacial score (nSPS) is 10.8. The average Bonchev–Trinajstić information content (AvgIpc) is 2.30. The minimum absolute atomic E-state index is 0. The molecule has 0 bridgehead atoms. The zero-order valence-electron chi connectivity index (χ0n) is 11.0. The molecule has 0 spiro atoms. The SMILES string of the molecule is CC(C)(CN)NC(=O)CCc1cc(Cl)ccc1Br.Cl. The van der Waals surface area contributed by atoms with Crippen LogP contribution in [-0.4, -0.2) is 18.0 Å². The Bertz CT molecular complexity index is 439. The lowest BCUT2D eigenvalue weighted by atomic mass is 10.0. The quantitative estimate of drug-likeness (QED) is 0.836. The van der Waals surface area contributed by atoms with Gasteiger partial charge < -0.3 is 11.1 Å². The molecule has 0 fully saturated rings. The minimum atomic E-state index is -0.358. The van der Waals surface area contributed by atoms with E-state index in [1.807, 2.05) is 32.0 Å². The molecule has 0 aliphatic carbocycles. The number of hydrogen-bond acceptors (Lipinski definition) is 2. The fraction of sp³-hybridized carbons (Fsp3) is 0.462. The van der Waals surface area contributed by atoms with Crippen molar-refractivity contribution in [1.29, 1.82) is 0 Å². The Balaban J connectivity index is 0.00000324. The molecular weight excluding hydrogens is 351 g/mol. The molecule has 0 heterocycles. The second kappa shape index (κ2) is 8.10. The molecule has 0 aromatic heterocycles. The maximum atomic E-state index is 11.8. The Morgan fingerprint density at radius 3 is 2.68 bits per heavy atom. The van der Waals surface area contributed by atoms with Crippen molar-refractivity contribution in [3.8, 4) is 0 Å². The lowest BCUT2D eigenvalue weighted by Gasteiger charge is -2.24. The largest absolute Gasteiger partial charge is 0.350 e. The number of amides is 1. The summed E-state index contributed by atoms with van der Waals surface area (Å²) in [4.78, 5) is 11.8. The first-order chi connectivity index (χ1) is 8.34. The summed E-state index contributed by atoms with van der Waals surface area (Å²) in [5.41, 5.74) is 6.24. The molecule has 6 heteroatoms. The highest BCUT2D eigenvalue weighted by molar-refractivity contribution is 9.10. The van der Waals surface area contributed by atoms with Crippen molar-refractivity contribution in [2.45, 2.75) is 32.2 Å². The van der Waals surface area contributed by atoms with Crippen LogP contribution in [0.15, 0.2) is 22.7 Å². The zero-order chi connectivity index (χ0) is 13.8. The molecule has 3 nitrogen and oxygen atoms in total. The molecule has 108 valence electrons. The van der Waals surface area contributed by atoms with Gasteiger partial charge in [-0.05, 0) is 44.0 Å². The number of benzene rings is 1. The number of hydrogen-bond donors (Lipinski definition) is 2. The van der Waals surface area contributed by atoms with E-state index in [9.17, 15) is 4.79 Å². The van der Waals surface area contributed by atoms with Crippen molar-refractivity contribution in [1.82, 2.24) is 5.32 Å². The van der Waals surface area contributed by atoms with Gasteiger partial charge >= 0.3 is 0 Å². The first-order valence-electron chi connectivity index (χ1n) is 5.79. The van der Waals surface area contributed by atoms with E-state index in [0.717, 1.165) is 10.0 Å². The molecule has 0 saturated heterocycles. The Kier molecular flexibility index (Phi) is 7.98. The Morgan fingerprint density at radius 2 is 2.11 bits per heavy atom. The first kappa shape index (κ1) is 18.7. The van der Waals surface area contributed by atoms with E-state index < -0.39 is 0 Å². The highest BCUT2D eigenvalue weighted by Crippen LogP contribution is 2.22. The van der Waals surface area contributed by atoms with E-state index in [0.29, 0.717) is 24.4 Å². The van der Waals surface area contributed by atoms with Crippen molar-refractivity contribution < 1.29 is 4.79 Å². The zero-order valence-corrected chi connectivity index (χ0v) is 14.2. The van der Waals surface area contributed by atoms with Crippen molar-refractivity contribution >= 4 is 45.8 Å². The van der Waals surface area contributed by atoms with Gasteiger partial charge in [-0.25, -0.2) is 0 Å². The van der Waals surface area contributed by atoms with Gasteiger partial charge in [-0.1, -0.05) is 27.5 Å². The smallest absolute Gasteiger partial charge is 0.220 e. The summed E-state index contributed by atoms with van der Waals surface area (Å²) in [6, 6.07) is 5.57. The molecule has 0 unspecified atom stereocenters. The van der Waals surface area contributed by atoms with Crippen LogP contribution in [0.3, 0.4) is 0 Å². The van der Waals surface area contributed by atoms with Gasteiger partial charge in [0.1, 0.15) is 0 Å². The highest BCUT2D eigenvalue weighted by atomic mass is 79.9. The predicted molar refractivity (Wildman–Crippen MR) is 86.0 cm³/mol. The third kappa shape index (κ3) is 6.61. The molecule has 0 aliphatic heterocycles. The van der Waals surface area contributed by atoms with E-state index in [-0.39, 0.29) is 23.9 Å². The summed E-state index contributed by atoms with van der Waals surface area (Å²) in [6.45, 7) is 4.22. The van der Waals surface area contributed by atoms with Gasteiger partial charge in [0, 0.05) is 28.0 Å². The molecule has 19 heavy (non-hydrogen) atoms. The van der Waals surface area contributed by atoms with E-state index in [1.54, 1.807) is 0 Å². The van der Waals surface area contributed by atoms with E-state index in [2.05, 4.69) is 21.2 Å². The van der Waals surface area contributed by atoms with Crippen LogP contribution in [0.2, 0.25) is 5.02 Å². The average molecular weight is 370 g/mol.